The summed E-state index contributed by atoms with van der Waals surface area (Å²) in [5.74, 6) is -0.523. The highest BCUT2D eigenvalue weighted by molar-refractivity contribution is 5.96. The van der Waals surface area contributed by atoms with E-state index < -0.39 is 21.8 Å². The van der Waals surface area contributed by atoms with Crippen molar-refractivity contribution < 1.29 is 19.4 Å². The van der Waals surface area contributed by atoms with E-state index in [2.05, 4.69) is 10.6 Å². The second kappa shape index (κ2) is 9.42. The molecule has 0 saturated heterocycles. The molecule has 28 heavy (non-hydrogen) atoms. The number of methoxy groups -OCH3 is 1. The average molecular weight is 388 g/mol. The topological polar surface area (TPSA) is 137 Å². The van der Waals surface area contributed by atoms with Crippen molar-refractivity contribution in [2.75, 3.05) is 25.6 Å². The molecule has 10 heteroatoms. The van der Waals surface area contributed by atoms with Gasteiger partial charge in [0, 0.05) is 37.4 Å². The summed E-state index contributed by atoms with van der Waals surface area (Å²) in [6.45, 7) is 2.43. The molecular formula is C18H20N4O6. The molecule has 0 aromatic heterocycles. The molecule has 0 spiro atoms. The van der Waals surface area contributed by atoms with Crippen molar-refractivity contribution in [3.05, 3.63) is 73.8 Å². The first-order chi connectivity index (χ1) is 13.3. The van der Waals surface area contributed by atoms with E-state index in [4.69, 9.17) is 4.74 Å². The zero-order valence-electron chi connectivity index (χ0n) is 15.4. The van der Waals surface area contributed by atoms with Crippen molar-refractivity contribution in [3.63, 3.8) is 0 Å². The number of amides is 1. The van der Waals surface area contributed by atoms with E-state index in [1.807, 2.05) is 0 Å². The number of hydrogen-bond donors (Lipinski definition) is 2. The number of ether oxygens (including phenoxy) is 1. The lowest BCUT2D eigenvalue weighted by Gasteiger charge is -2.15. The van der Waals surface area contributed by atoms with E-state index in [-0.39, 0.29) is 22.6 Å². The van der Waals surface area contributed by atoms with Gasteiger partial charge >= 0.3 is 0 Å². The maximum atomic E-state index is 12.5. The third-order valence-electron chi connectivity index (χ3n) is 4.01. The first-order valence-corrected chi connectivity index (χ1v) is 8.40. The van der Waals surface area contributed by atoms with Crippen molar-refractivity contribution in [2.45, 2.75) is 13.0 Å². The molecule has 1 atom stereocenters. The van der Waals surface area contributed by atoms with E-state index >= 15 is 0 Å². The third-order valence-corrected chi connectivity index (χ3v) is 4.01. The zero-order valence-corrected chi connectivity index (χ0v) is 15.4. The maximum absolute atomic E-state index is 12.5. The maximum Gasteiger partial charge on any atom is 0.293 e. The van der Waals surface area contributed by atoms with Gasteiger partial charge in [-0.15, -0.1) is 0 Å². The highest BCUT2D eigenvalue weighted by Gasteiger charge is 2.19. The molecule has 1 amide bonds. The Hall–Kier alpha value is -3.53. The van der Waals surface area contributed by atoms with Gasteiger partial charge in [-0.05, 0) is 24.6 Å². The van der Waals surface area contributed by atoms with Crippen molar-refractivity contribution in [3.8, 4) is 0 Å². The zero-order chi connectivity index (χ0) is 20.7. The monoisotopic (exact) mass is 388 g/mol. The summed E-state index contributed by atoms with van der Waals surface area (Å²) in [6.07, 6.45) is 0. The lowest BCUT2D eigenvalue weighted by atomic mass is 10.1. The second-order valence-electron chi connectivity index (χ2n) is 5.96. The lowest BCUT2D eigenvalue weighted by molar-refractivity contribution is -0.385. The van der Waals surface area contributed by atoms with Crippen LogP contribution >= 0.6 is 0 Å². The molecule has 0 bridgehead atoms. The molecule has 10 nitrogen and oxygen atoms in total. The molecule has 0 aliphatic rings. The van der Waals surface area contributed by atoms with Crippen molar-refractivity contribution >= 4 is 23.0 Å². The molecule has 2 aromatic carbocycles. The molecule has 1 unspecified atom stereocenters. The molecule has 0 heterocycles. The predicted molar refractivity (Wildman–Crippen MR) is 102 cm³/mol. The van der Waals surface area contributed by atoms with Crippen LogP contribution in [0, 0.1) is 20.2 Å². The van der Waals surface area contributed by atoms with Gasteiger partial charge in [0.25, 0.3) is 17.3 Å². The number of nitro groups is 2. The fourth-order valence-electron chi connectivity index (χ4n) is 2.53. The van der Waals surface area contributed by atoms with Crippen LogP contribution in [-0.4, -0.2) is 36.0 Å². The number of nitro benzene ring substituents is 2. The van der Waals surface area contributed by atoms with Crippen molar-refractivity contribution in [1.29, 1.82) is 0 Å². The van der Waals surface area contributed by atoms with Gasteiger partial charge in [0.15, 0.2) is 0 Å². The number of carbonyl (C=O) groups is 1. The van der Waals surface area contributed by atoms with Crippen LogP contribution in [0.15, 0.2) is 42.5 Å². The van der Waals surface area contributed by atoms with Gasteiger partial charge in [-0.2, -0.15) is 0 Å². The fraction of sp³-hybridized carbons (Fsp3) is 0.278. The second-order valence-corrected chi connectivity index (χ2v) is 5.96. The number of hydrogen-bond acceptors (Lipinski definition) is 7. The minimum absolute atomic E-state index is 0.0827. The smallest absolute Gasteiger partial charge is 0.293 e. The number of rotatable bonds is 9. The molecule has 2 aromatic rings. The summed E-state index contributed by atoms with van der Waals surface area (Å²) in [4.78, 5) is 33.6. The number of carbonyl (C=O) groups excluding carboxylic acids is 1. The molecule has 0 fully saturated rings. The summed E-state index contributed by atoms with van der Waals surface area (Å²) in [5, 5.41) is 27.8. The Balaban J connectivity index is 2.17. The number of anilines is 1. The summed E-state index contributed by atoms with van der Waals surface area (Å²) < 4.78 is 4.90. The minimum Gasteiger partial charge on any atom is -0.383 e. The van der Waals surface area contributed by atoms with Crippen molar-refractivity contribution in [1.82, 2.24) is 5.32 Å². The summed E-state index contributed by atoms with van der Waals surface area (Å²) in [5.41, 5.74) is 0.633. The molecule has 0 radical (unpaired) electrons. The molecule has 2 rings (SSSR count). The van der Waals surface area contributed by atoms with Gasteiger partial charge in [0.2, 0.25) is 0 Å². The van der Waals surface area contributed by atoms with Crippen LogP contribution in [0.25, 0.3) is 0 Å². The van der Waals surface area contributed by atoms with Gasteiger partial charge in [-0.1, -0.05) is 12.1 Å². The van der Waals surface area contributed by atoms with Gasteiger partial charge in [0.1, 0.15) is 5.69 Å². The van der Waals surface area contributed by atoms with Gasteiger partial charge in [-0.3, -0.25) is 25.0 Å². The van der Waals surface area contributed by atoms with Crippen LogP contribution < -0.4 is 10.6 Å². The molecule has 2 N–H and O–H groups in total. The van der Waals surface area contributed by atoms with Crippen LogP contribution in [0.1, 0.15) is 28.9 Å². The van der Waals surface area contributed by atoms with E-state index in [1.165, 1.54) is 43.5 Å². The Morgan fingerprint density at radius 2 is 1.89 bits per heavy atom. The highest BCUT2D eigenvalue weighted by atomic mass is 16.6. The first kappa shape index (κ1) is 20.8. The van der Waals surface area contributed by atoms with Gasteiger partial charge in [0.05, 0.1) is 22.5 Å². The van der Waals surface area contributed by atoms with Crippen LogP contribution in [0.3, 0.4) is 0 Å². The van der Waals surface area contributed by atoms with Gasteiger partial charge in [-0.25, -0.2) is 0 Å². The first-order valence-electron chi connectivity index (χ1n) is 8.40. The van der Waals surface area contributed by atoms with E-state index in [1.54, 1.807) is 13.0 Å². The normalized spacial score (nSPS) is 11.5. The lowest BCUT2D eigenvalue weighted by Crippen LogP contribution is -2.26. The van der Waals surface area contributed by atoms with E-state index in [0.29, 0.717) is 18.7 Å². The predicted octanol–water partition coefficient (Wildman–Crippen LogP) is 3.05. The molecule has 0 aliphatic carbocycles. The Kier molecular flexibility index (Phi) is 6.99. The van der Waals surface area contributed by atoms with Crippen LogP contribution in [0.4, 0.5) is 17.1 Å². The number of nitrogens with zero attached hydrogens (tertiary/aromatic N) is 2. The highest BCUT2D eigenvalue weighted by Crippen LogP contribution is 2.26. The minimum atomic E-state index is -0.574. The Labute approximate surface area is 160 Å². The molecule has 0 aliphatic heterocycles. The quantitative estimate of drug-likeness (QED) is 0.382. The van der Waals surface area contributed by atoms with Gasteiger partial charge < -0.3 is 15.4 Å². The number of nitrogens with one attached hydrogen (secondary N) is 2. The number of benzene rings is 2. The molecule has 148 valence electrons. The summed E-state index contributed by atoms with van der Waals surface area (Å²) in [7, 11) is 1.52. The van der Waals surface area contributed by atoms with Crippen LogP contribution in [-0.2, 0) is 4.74 Å². The number of non-ortho nitro benzene ring substituents is 1. The average Bonchev–Trinajstić information content (AvgIpc) is 2.68. The fourth-order valence-corrected chi connectivity index (χ4v) is 2.53. The Bertz CT molecular complexity index is 886. The van der Waals surface area contributed by atoms with E-state index in [0.717, 1.165) is 0 Å². The standard InChI is InChI=1S/C18H20N4O6/c1-12(13-4-3-5-15(10-13)21(24)25)20-18(23)14-6-7-16(19-8-9-28-2)17(11-14)22(26)27/h3-7,10-12,19H,8-9H2,1-2H3,(H,20,23). The molecular weight excluding hydrogens is 368 g/mol. The summed E-state index contributed by atoms with van der Waals surface area (Å²) in [6, 6.07) is 9.51. The Morgan fingerprint density at radius 1 is 1.14 bits per heavy atom. The molecule has 0 saturated carbocycles. The Morgan fingerprint density at radius 3 is 2.54 bits per heavy atom. The van der Waals surface area contributed by atoms with E-state index in [9.17, 15) is 25.0 Å². The third kappa shape index (κ3) is 5.24. The largest absolute Gasteiger partial charge is 0.383 e. The summed E-state index contributed by atoms with van der Waals surface area (Å²) >= 11 is 0. The van der Waals surface area contributed by atoms with Crippen LogP contribution in [0.5, 0.6) is 0 Å². The SMILES string of the molecule is COCCNc1ccc(C(=O)NC(C)c2cccc([N+](=O)[O-])c2)cc1[N+](=O)[O-]. The van der Waals surface area contributed by atoms with Crippen molar-refractivity contribution in [2.24, 2.45) is 0 Å². The van der Waals surface area contributed by atoms with Crippen LogP contribution in [0.2, 0.25) is 0 Å².